The number of aromatic nitrogens is 4. The SMILES string of the molecule is O=C(CNC1CCc2ccccc2OC1)Nc1cc(-n2cnnn2)ccc1F. The normalized spacial score (nSPS) is 16.0. The second-order valence-electron chi connectivity index (χ2n) is 6.50. The fourth-order valence-corrected chi connectivity index (χ4v) is 3.08. The molecule has 1 aliphatic heterocycles. The van der Waals surface area contributed by atoms with Crippen molar-refractivity contribution >= 4 is 11.6 Å². The number of nitrogens with one attached hydrogen (secondary N) is 2. The van der Waals surface area contributed by atoms with Gasteiger partial charge < -0.3 is 15.4 Å². The van der Waals surface area contributed by atoms with E-state index in [1.165, 1.54) is 29.2 Å². The van der Waals surface area contributed by atoms with Crippen LogP contribution in [0.3, 0.4) is 0 Å². The number of rotatable bonds is 5. The number of anilines is 1. The molecule has 0 fully saturated rings. The molecule has 2 aromatic carbocycles. The molecule has 0 spiro atoms. The molecule has 0 aliphatic carbocycles. The monoisotopic (exact) mass is 382 g/mol. The number of para-hydroxylation sites is 1. The summed E-state index contributed by atoms with van der Waals surface area (Å²) in [6.45, 7) is 0.534. The molecule has 3 aromatic rings. The molecule has 1 amide bonds. The molecule has 0 radical (unpaired) electrons. The number of amides is 1. The summed E-state index contributed by atoms with van der Waals surface area (Å²) in [6.07, 6.45) is 3.12. The van der Waals surface area contributed by atoms with Gasteiger partial charge in [-0.05, 0) is 53.1 Å². The summed E-state index contributed by atoms with van der Waals surface area (Å²) in [6, 6.07) is 12.2. The molecule has 8 nitrogen and oxygen atoms in total. The Kier molecular flexibility index (Phi) is 5.24. The molecule has 0 saturated carbocycles. The lowest BCUT2D eigenvalue weighted by Gasteiger charge is -2.16. The van der Waals surface area contributed by atoms with Crippen LogP contribution in [0.1, 0.15) is 12.0 Å². The summed E-state index contributed by atoms with van der Waals surface area (Å²) in [5.41, 5.74) is 1.78. The summed E-state index contributed by atoms with van der Waals surface area (Å²) in [7, 11) is 0. The first-order chi connectivity index (χ1) is 13.7. The lowest BCUT2D eigenvalue weighted by atomic mass is 10.1. The van der Waals surface area contributed by atoms with Crippen molar-refractivity contribution in [1.29, 1.82) is 0 Å². The number of ether oxygens (including phenoxy) is 1. The molecule has 9 heteroatoms. The van der Waals surface area contributed by atoms with Gasteiger partial charge in [0.1, 0.15) is 24.5 Å². The van der Waals surface area contributed by atoms with Gasteiger partial charge in [-0.2, -0.15) is 0 Å². The number of aryl methyl sites for hydroxylation is 1. The molecule has 1 aliphatic rings. The number of hydrogen-bond acceptors (Lipinski definition) is 6. The zero-order valence-corrected chi connectivity index (χ0v) is 15.0. The summed E-state index contributed by atoms with van der Waals surface area (Å²) in [5, 5.41) is 16.6. The Labute approximate surface area is 160 Å². The van der Waals surface area contributed by atoms with E-state index in [1.807, 2.05) is 24.3 Å². The number of tetrazole rings is 1. The molecule has 1 unspecified atom stereocenters. The van der Waals surface area contributed by atoms with Crippen LogP contribution in [0, 0.1) is 5.82 Å². The number of halogens is 1. The summed E-state index contributed by atoms with van der Waals surface area (Å²) >= 11 is 0. The van der Waals surface area contributed by atoms with Crippen LogP contribution in [0.25, 0.3) is 5.69 Å². The third-order valence-corrected chi connectivity index (χ3v) is 4.56. The van der Waals surface area contributed by atoms with Crippen molar-refractivity contribution in [2.45, 2.75) is 18.9 Å². The second kappa shape index (κ2) is 8.13. The Bertz CT molecular complexity index is 936. The predicted molar refractivity (Wildman–Crippen MR) is 99.8 cm³/mol. The largest absolute Gasteiger partial charge is 0.492 e. The van der Waals surface area contributed by atoms with E-state index in [9.17, 15) is 9.18 Å². The van der Waals surface area contributed by atoms with Crippen molar-refractivity contribution in [2.24, 2.45) is 0 Å². The maximum absolute atomic E-state index is 14.1. The van der Waals surface area contributed by atoms with Gasteiger partial charge in [-0.25, -0.2) is 9.07 Å². The molecule has 1 atom stereocenters. The van der Waals surface area contributed by atoms with E-state index >= 15 is 0 Å². The highest BCUT2D eigenvalue weighted by atomic mass is 19.1. The molecule has 28 heavy (non-hydrogen) atoms. The van der Waals surface area contributed by atoms with Crippen molar-refractivity contribution in [1.82, 2.24) is 25.5 Å². The van der Waals surface area contributed by atoms with Crippen LogP contribution in [-0.4, -0.2) is 45.3 Å². The van der Waals surface area contributed by atoms with Crippen LogP contribution in [-0.2, 0) is 11.2 Å². The fraction of sp³-hybridized carbons (Fsp3) is 0.263. The van der Waals surface area contributed by atoms with Gasteiger partial charge in [0.05, 0.1) is 17.9 Å². The van der Waals surface area contributed by atoms with Crippen molar-refractivity contribution in [2.75, 3.05) is 18.5 Å². The maximum Gasteiger partial charge on any atom is 0.238 e. The number of nitrogens with zero attached hydrogens (tertiary/aromatic N) is 4. The van der Waals surface area contributed by atoms with E-state index in [2.05, 4.69) is 26.2 Å². The average molecular weight is 382 g/mol. The highest BCUT2D eigenvalue weighted by molar-refractivity contribution is 5.92. The molecular weight excluding hydrogens is 363 g/mol. The smallest absolute Gasteiger partial charge is 0.238 e. The fourth-order valence-electron chi connectivity index (χ4n) is 3.08. The van der Waals surface area contributed by atoms with Gasteiger partial charge in [-0.15, -0.1) is 5.10 Å². The molecule has 2 heterocycles. The average Bonchev–Trinajstić information content (AvgIpc) is 3.16. The van der Waals surface area contributed by atoms with Gasteiger partial charge in [0.15, 0.2) is 0 Å². The first kappa shape index (κ1) is 18.1. The third kappa shape index (κ3) is 4.15. The summed E-state index contributed by atoms with van der Waals surface area (Å²) < 4.78 is 21.3. The standard InChI is InChI=1S/C19H19FN6O2/c20-16-8-7-15(26-12-22-24-25-26)9-17(16)23-19(27)10-21-14-6-5-13-3-1-2-4-18(13)28-11-14/h1-4,7-9,12,14,21H,5-6,10-11H2,(H,23,27). The van der Waals surface area contributed by atoms with Crippen molar-refractivity contribution < 1.29 is 13.9 Å². The molecule has 1 aromatic heterocycles. The van der Waals surface area contributed by atoms with E-state index in [4.69, 9.17) is 4.74 Å². The first-order valence-corrected chi connectivity index (χ1v) is 8.96. The van der Waals surface area contributed by atoms with Crippen LogP contribution in [0.4, 0.5) is 10.1 Å². The second-order valence-corrected chi connectivity index (χ2v) is 6.50. The van der Waals surface area contributed by atoms with E-state index in [1.54, 1.807) is 0 Å². The van der Waals surface area contributed by atoms with Crippen LogP contribution >= 0.6 is 0 Å². The molecule has 0 saturated heterocycles. The third-order valence-electron chi connectivity index (χ3n) is 4.56. The van der Waals surface area contributed by atoms with Crippen LogP contribution in [0.15, 0.2) is 48.8 Å². The van der Waals surface area contributed by atoms with Gasteiger partial charge in [-0.3, -0.25) is 4.79 Å². The minimum Gasteiger partial charge on any atom is -0.492 e. The van der Waals surface area contributed by atoms with Crippen LogP contribution < -0.4 is 15.4 Å². The summed E-state index contributed by atoms with van der Waals surface area (Å²) in [5.74, 6) is 0.0192. The van der Waals surface area contributed by atoms with E-state index < -0.39 is 5.82 Å². The molecule has 144 valence electrons. The van der Waals surface area contributed by atoms with Gasteiger partial charge in [-0.1, -0.05) is 18.2 Å². The Morgan fingerprint density at radius 1 is 1.29 bits per heavy atom. The van der Waals surface area contributed by atoms with Gasteiger partial charge in [0, 0.05) is 6.04 Å². The van der Waals surface area contributed by atoms with Crippen LogP contribution in [0.5, 0.6) is 5.75 Å². The number of hydrogen-bond donors (Lipinski definition) is 2. The van der Waals surface area contributed by atoms with Gasteiger partial charge in [0.2, 0.25) is 5.91 Å². The van der Waals surface area contributed by atoms with Crippen molar-refractivity contribution in [3.63, 3.8) is 0 Å². The van der Waals surface area contributed by atoms with E-state index in [-0.39, 0.29) is 24.2 Å². The number of fused-ring (bicyclic) bond motifs is 1. The lowest BCUT2D eigenvalue weighted by molar-refractivity contribution is -0.115. The Balaban J connectivity index is 1.33. The minimum atomic E-state index is -0.529. The molecule has 2 N–H and O–H groups in total. The number of carbonyl (C=O) groups excluding carboxylic acids is 1. The highest BCUT2D eigenvalue weighted by Gasteiger charge is 2.18. The van der Waals surface area contributed by atoms with Gasteiger partial charge in [0.25, 0.3) is 0 Å². The molecule has 4 rings (SSSR count). The van der Waals surface area contributed by atoms with E-state index in [0.29, 0.717) is 12.3 Å². The zero-order valence-electron chi connectivity index (χ0n) is 15.0. The maximum atomic E-state index is 14.1. The van der Waals surface area contributed by atoms with Crippen molar-refractivity contribution in [3.8, 4) is 11.4 Å². The lowest BCUT2D eigenvalue weighted by Crippen LogP contribution is -2.39. The topological polar surface area (TPSA) is 94.0 Å². The molecular formula is C19H19FN6O2. The quantitative estimate of drug-likeness (QED) is 0.698. The zero-order chi connectivity index (χ0) is 19.3. The number of benzene rings is 2. The first-order valence-electron chi connectivity index (χ1n) is 8.96. The summed E-state index contributed by atoms with van der Waals surface area (Å²) in [4.78, 5) is 12.3. The van der Waals surface area contributed by atoms with Crippen molar-refractivity contribution in [3.05, 3.63) is 60.2 Å². The predicted octanol–water partition coefficient (Wildman–Crippen LogP) is 1.72. The van der Waals surface area contributed by atoms with Crippen LogP contribution in [0.2, 0.25) is 0 Å². The van der Waals surface area contributed by atoms with Gasteiger partial charge >= 0.3 is 0 Å². The Morgan fingerprint density at radius 2 is 2.18 bits per heavy atom. The number of carbonyl (C=O) groups is 1. The van der Waals surface area contributed by atoms with E-state index in [0.717, 1.165) is 24.2 Å². The Morgan fingerprint density at radius 3 is 3.04 bits per heavy atom. The Hall–Kier alpha value is -3.33. The highest BCUT2D eigenvalue weighted by Crippen LogP contribution is 2.23. The molecule has 0 bridgehead atoms. The minimum absolute atomic E-state index is 0.0376.